The fraction of sp³-hybridized carbons (Fsp3) is 0.111. The molecule has 0 unspecified atom stereocenters. The Bertz CT molecular complexity index is 795. The van der Waals surface area contributed by atoms with E-state index in [0.717, 1.165) is 22.5 Å². The van der Waals surface area contributed by atoms with Gasteiger partial charge in [-0.05, 0) is 12.1 Å². The first-order valence-corrected chi connectivity index (χ1v) is 7.10. The van der Waals surface area contributed by atoms with E-state index in [0.29, 0.717) is 11.1 Å². The third-order valence-corrected chi connectivity index (χ3v) is 4.36. The molecule has 0 aromatic heterocycles. The Balaban J connectivity index is 2.07. The van der Waals surface area contributed by atoms with Gasteiger partial charge in [0, 0.05) is 25.2 Å². The lowest BCUT2D eigenvalue weighted by molar-refractivity contribution is -0.114. The van der Waals surface area contributed by atoms with Crippen molar-refractivity contribution in [2.24, 2.45) is 0 Å². The molecule has 0 bridgehead atoms. The summed E-state index contributed by atoms with van der Waals surface area (Å²) in [6.07, 6.45) is 0. The van der Waals surface area contributed by atoms with Crippen molar-refractivity contribution in [3.8, 4) is 0 Å². The van der Waals surface area contributed by atoms with Crippen LogP contribution in [0.5, 0.6) is 0 Å². The maximum Gasteiger partial charge on any atom is 0.259 e. The number of hydrogen-bond acceptors (Lipinski definition) is 2. The Morgan fingerprint density at radius 3 is 1.41 bits per heavy atom. The van der Waals surface area contributed by atoms with Crippen LogP contribution >= 0.6 is 0 Å². The van der Waals surface area contributed by atoms with Crippen LogP contribution in [0, 0.1) is 0 Å². The van der Waals surface area contributed by atoms with Crippen LogP contribution in [0.3, 0.4) is 0 Å². The number of likely N-dealkylation sites (N-methyl/N-ethyl adjacent to an activating group) is 2. The van der Waals surface area contributed by atoms with E-state index in [9.17, 15) is 9.59 Å². The quantitative estimate of drug-likeness (QED) is 0.700. The SMILES string of the molecule is CN1C(=O)C(=C2C(=O)N(C)c3ccccc32)c2ccccc21. The minimum absolute atomic E-state index is 0.130. The predicted octanol–water partition coefficient (Wildman–Crippen LogP) is 2.55. The maximum absolute atomic E-state index is 12.7. The zero-order valence-corrected chi connectivity index (χ0v) is 12.3. The van der Waals surface area contributed by atoms with E-state index in [1.165, 1.54) is 0 Å². The summed E-state index contributed by atoms with van der Waals surface area (Å²) in [6, 6.07) is 15.2. The van der Waals surface area contributed by atoms with Crippen molar-refractivity contribution in [2.75, 3.05) is 23.9 Å². The molecule has 2 aliphatic rings. The molecule has 0 atom stereocenters. The number of carbonyl (C=O) groups is 2. The van der Waals surface area contributed by atoms with Crippen LogP contribution in [-0.4, -0.2) is 25.9 Å². The van der Waals surface area contributed by atoms with Crippen molar-refractivity contribution in [2.45, 2.75) is 0 Å². The average Bonchev–Trinajstić information content (AvgIpc) is 2.94. The zero-order valence-electron chi connectivity index (χ0n) is 12.3. The van der Waals surface area contributed by atoms with Crippen LogP contribution in [0.2, 0.25) is 0 Å². The largest absolute Gasteiger partial charge is 0.311 e. The van der Waals surface area contributed by atoms with Gasteiger partial charge in [0.1, 0.15) is 0 Å². The van der Waals surface area contributed by atoms with Crippen LogP contribution in [0.1, 0.15) is 11.1 Å². The molecular weight excluding hydrogens is 276 g/mol. The molecule has 0 N–H and O–H groups in total. The summed E-state index contributed by atoms with van der Waals surface area (Å²) in [5, 5.41) is 0. The van der Waals surface area contributed by atoms with E-state index >= 15 is 0 Å². The van der Waals surface area contributed by atoms with Crippen molar-refractivity contribution in [3.05, 3.63) is 59.7 Å². The number of rotatable bonds is 0. The van der Waals surface area contributed by atoms with Crippen molar-refractivity contribution in [1.82, 2.24) is 0 Å². The van der Waals surface area contributed by atoms with E-state index in [2.05, 4.69) is 0 Å². The van der Waals surface area contributed by atoms with Gasteiger partial charge < -0.3 is 9.80 Å². The third kappa shape index (κ3) is 1.46. The monoisotopic (exact) mass is 290 g/mol. The Labute approximate surface area is 128 Å². The van der Waals surface area contributed by atoms with Gasteiger partial charge >= 0.3 is 0 Å². The highest BCUT2D eigenvalue weighted by molar-refractivity contribution is 6.49. The second-order valence-electron chi connectivity index (χ2n) is 5.51. The van der Waals surface area contributed by atoms with Crippen LogP contribution < -0.4 is 9.80 Å². The first kappa shape index (κ1) is 12.8. The Hall–Kier alpha value is -2.88. The Morgan fingerprint density at radius 1 is 0.636 bits per heavy atom. The number of nitrogens with zero attached hydrogens (tertiary/aromatic N) is 2. The first-order chi connectivity index (χ1) is 10.6. The first-order valence-electron chi connectivity index (χ1n) is 7.10. The molecule has 2 aromatic carbocycles. The molecule has 2 amide bonds. The summed E-state index contributed by atoms with van der Waals surface area (Å²) in [5.74, 6) is -0.260. The molecule has 0 fully saturated rings. The van der Waals surface area contributed by atoms with E-state index < -0.39 is 0 Å². The molecule has 0 saturated carbocycles. The van der Waals surface area contributed by atoms with Crippen molar-refractivity contribution in [3.63, 3.8) is 0 Å². The molecule has 2 aliphatic heterocycles. The van der Waals surface area contributed by atoms with Gasteiger partial charge in [-0.1, -0.05) is 36.4 Å². The second kappa shape index (κ2) is 4.31. The molecule has 2 aromatic rings. The third-order valence-electron chi connectivity index (χ3n) is 4.36. The maximum atomic E-state index is 12.7. The molecule has 4 rings (SSSR count). The summed E-state index contributed by atoms with van der Waals surface area (Å²) in [5.41, 5.74) is 4.33. The minimum atomic E-state index is -0.130. The molecule has 0 spiro atoms. The molecule has 108 valence electrons. The fourth-order valence-corrected chi connectivity index (χ4v) is 3.22. The number of benzene rings is 2. The van der Waals surface area contributed by atoms with Gasteiger partial charge in [0.05, 0.1) is 22.5 Å². The summed E-state index contributed by atoms with van der Waals surface area (Å²) in [7, 11) is 3.48. The summed E-state index contributed by atoms with van der Waals surface area (Å²) in [4.78, 5) is 28.6. The smallest absolute Gasteiger partial charge is 0.259 e. The number of para-hydroxylation sites is 2. The predicted molar refractivity (Wildman–Crippen MR) is 86.5 cm³/mol. The van der Waals surface area contributed by atoms with E-state index in [-0.39, 0.29) is 11.8 Å². The highest BCUT2D eigenvalue weighted by atomic mass is 16.2. The van der Waals surface area contributed by atoms with Crippen molar-refractivity contribution in [1.29, 1.82) is 0 Å². The molecule has 2 heterocycles. The van der Waals surface area contributed by atoms with Crippen LogP contribution in [0.25, 0.3) is 11.1 Å². The number of amides is 2. The van der Waals surface area contributed by atoms with Crippen molar-refractivity contribution < 1.29 is 9.59 Å². The molecule has 22 heavy (non-hydrogen) atoms. The number of carbonyl (C=O) groups excluding carboxylic acids is 2. The van der Waals surface area contributed by atoms with Crippen LogP contribution in [-0.2, 0) is 9.59 Å². The highest BCUT2D eigenvalue weighted by Gasteiger charge is 2.39. The molecule has 4 nitrogen and oxygen atoms in total. The summed E-state index contributed by atoms with van der Waals surface area (Å²) < 4.78 is 0. The number of anilines is 2. The van der Waals surface area contributed by atoms with Gasteiger partial charge in [0.25, 0.3) is 11.8 Å². The summed E-state index contributed by atoms with van der Waals surface area (Å²) >= 11 is 0. The van der Waals surface area contributed by atoms with Gasteiger partial charge in [0.15, 0.2) is 0 Å². The van der Waals surface area contributed by atoms with Gasteiger partial charge in [-0.3, -0.25) is 9.59 Å². The number of fused-ring (bicyclic) bond motifs is 2. The van der Waals surface area contributed by atoms with Gasteiger partial charge in [0.2, 0.25) is 0 Å². The molecule has 0 aliphatic carbocycles. The topological polar surface area (TPSA) is 40.6 Å². The van der Waals surface area contributed by atoms with E-state index in [4.69, 9.17) is 0 Å². The molecule has 4 heteroatoms. The lowest BCUT2D eigenvalue weighted by Gasteiger charge is -2.09. The highest BCUT2D eigenvalue weighted by Crippen LogP contribution is 2.45. The Kier molecular flexibility index (Phi) is 2.51. The second-order valence-corrected chi connectivity index (χ2v) is 5.51. The van der Waals surface area contributed by atoms with Crippen molar-refractivity contribution >= 4 is 34.3 Å². The van der Waals surface area contributed by atoms with E-state index in [1.54, 1.807) is 23.9 Å². The van der Waals surface area contributed by atoms with Crippen LogP contribution in [0.4, 0.5) is 11.4 Å². The normalized spacial score (nSPS) is 19.7. The average molecular weight is 290 g/mol. The minimum Gasteiger partial charge on any atom is -0.311 e. The molecule has 0 saturated heterocycles. The van der Waals surface area contributed by atoms with E-state index in [1.807, 2.05) is 48.5 Å². The fourth-order valence-electron chi connectivity index (χ4n) is 3.22. The summed E-state index contributed by atoms with van der Waals surface area (Å²) in [6.45, 7) is 0. The molecule has 0 radical (unpaired) electrons. The standard InChI is InChI=1S/C18H14N2O2/c1-19-13-9-5-3-7-11(13)15(17(19)21)16-12-8-4-6-10-14(12)20(2)18(16)22/h3-10H,1-2H3. The van der Waals surface area contributed by atoms with Gasteiger partial charge in [-0.25, -0.2) is 0 Å². The van der Waals surface area contributed by atoms with Gasteiger partial charge in [-0.15, -0.1) is 0 Å². The lowest BCUT2D eigenvalue weighted by Crippen LogP contribution is -2.24. The van der Waals surface area contributed by atoms with Crippen LogP contribution in [0.15, 0.2) is 48.5 Å². The Morgan fingerprint density at radius 2 is 1.00 bits per heavy atom. The lowest BCUT2D eigenvalue weighted by atomic mass is 9.96. The number of hydrogen-bond donors (Lipinski definition) is 0. The zero-order chi connectivity index (χ0) is 15.4. The van der Waals surface area contributed by atoms with Gasteiger partial charge in [-0.2, -0.15) is 0 Å². The molecular formula is C18H14N2O2.